The third kappa shape index (κ3) is 4.66. The van der Waals surface area contributed by atoms with E-state index in [1.807, 2.05) is 16.8 Å². The number of Topliss-reactive ketones (excluding diaryl/α,β-unsaturated/α-hetero) is 1. The molecule has 1 N–H and O–H groups in total. The fourth-order valence-electron chi connectivity index (χ4n) is 4.23. The molecule has 1 aliphatic carbocycles. The molecule has 0 radical (unpaired) electrons. The predicted octanol–water partition coefficient (Wildman–Crippen LogP) is 5.62. The van der Waals surface area contributed by atoms with Gasteiger partial charge in [-0.25, -0.2) is 4.68 Å². The highest BCUT2D eigenvalue weighted by Crippen LogP contribution is 2.45. The first-order valence-corrected chi connectivity index (χ1v) is 12.3. The van der Waals surface area contributed by atoms with E-state index in [1.54, 1.807) is 11.8 Å². The lowest BCUT2D eigenvalue weighted by Gasteiger charge is -2.38. The van der Waals surface area contributed by atoms with Gasteiger partial charge < -0.3 is 10.1 Å². The highest BCUT2D eigenvalue weighted by Gasteiger charge is 2.41. The van der Waals surface area contributed by atoms with Crippen LogP contribution in [-0.2, 0) is 4.79 Å². The third-order valence-electron chi connectivity index (χ3n) is 5.71. The second-order valence-electron chi connectivity index (χ2n) is 9.14. The number of hydrogen-bond acceptors (Lipinski definition) is 6. The van der Waals surface area contributed by atoms with E-state index in [1.165, 1.54) is 0 Å². The van der Waals surface area contributed by atoms with E-state index >= 15 is 0 Å². The Morgan fingerprint density at radius 1 is 1.19 bits per heavy atom. The van der Waals surface area contributed by atoms with Crippen LogP contribution in [0.5, 0.6) is 5.75 Å². The maximum Gasteiger partial charge on any atom is 0.227 e. The van der Waals surface area contributed by atoms with Crippen LogP contribution in [-0.4, -0.2) is 32.9 Å². The number of allylic oxidation sites excluding steroid dienone is 2. The van der Waals surface area contributed by atoms with Crippen molar-refractivity contribution in [2.45, 2.75) is 71.0 Å². The lowest BCUT2D eigenvalue weighted by Crippen LogP contribution is -2.36. The molecule has 0 saturated carbocycles. The molecule has 7 heteroatoms. The van der Waals surface area contributed by atoms with Gasteiger partial charge in [-0.1, -0.05) is 58.0 Å². The fourth-order valence-corrected chi connectivity index (χ4v) is 4.92. The number of anilines is 1. The van der Waals surface area contributed by atoms with Crippen molar-refractivity contribution in [3.63, 3.8) is 0 Å². The number of nitrogens with zero attached hydrogens (tertiary/aromatic N) is 3. The van der Waals surface area contributed by atoms with Crippen LogP contribution in [0.4, 0.5) is 5.95 Å². The van der Waals surface area contributed by atoms with Gasteiger partial charge in [0.1, 0.15) is 11.8 Å². The van der Waals surface area contributed by atoms with Crippen LogP contribution < -0.4 is 10.1 Å². The van der Waals surface area contributed by atoms with Crippen LogP contribution in [0.1, 0.15) is 71.4 Å². The van der Waals surface area contributed by atoms with Crippen LogP contribution in [0, 0.1) is 5.41 Å². The molecule has 1 aromatic carbocycles. The second-order valence-corrected chi connectivity index (χ2v) is 10.2. The van der Waals surface area contributed by atoms with E-state index in [0.29, 0.717) is 6.42 Å². The van der Waals surface area contributed by atoms with Gasteiger partial charge in [0.2, 0.25) is 11.1 Å². The summed E-state index contributed by atoms with van der Waals surface area (Å²) in [5.41, 5.74) is 2.78. The number of fused-ring (bicyclic) bond motifs is 1. The lowest BCUT2D eigenvalue weighted by molar-refractivity contribution is -0.118. The van der Waals surface area contributed by atoms with E-state index in [-0.39, 0.29) is 17.2 Å². The monoisotopic (exact) mass is 440 g/mol. The number of unbranched alkanes of at least 4 members (excludes halogenated alkanes) is 1. The summed E-state index contributed by atoms with van der Waals surface area (Å²) in [7, 11) is 0. The first kappa shape index (κ1) is 21.9. The Morgan fingerprint density at radius 3 is 2.68 bits per heavy atom. The van der Waals surface area contributed by atoms with Crippen LogP contribution >= 0.6 is 11.8 Å². The van der Waals surface area contributed by atoms with E-state index in [4.69, 9.17) is 14.8 Å². The van der Waals surface area contributed by atoms with Gasteiger partial charge >= 0.3 is 0 Å². The van der Waals surface area contributed by atoms with Crippen molar-refractivity contribution in [2.24, 2.45) is 5.41 Å². The normalized spacial score (nSPS) is 19.6. The quantitative estimate of drug-likeness (QED) is 0.425. The van der Waals surface area contributed by atoms with Gasteiger partial charge in [0.15, 0.2) is 5.78 Å². The first-order chi connectivity index (χ1) is 14.9. The summed E-state index contributed by atoms with van der Waals surface area (Å²) >= 11 is 1.65. The van der Waals surface area contributed by atoms with Gasteiger partial charge in [0.25, 0.3) is 0 Å². The van der Waals surface area contributed by atoms with Crippen molar-refractivity contribution >= 4 is 23.5 Å². The Morgan fingerprint density at radius 2 is 1.97 bits per heavy atom. The van der Waals surface area contributed by atoms with Gasteiger partial charge in [0, 0.05) is 23.4 Å². The maximum atomic E-state index is 13.3. The zero-order valence-corrected chi connectivity index (χ0v) is 19.7. The molecule has 0 fully saturated rings. The van der Waals surface area contributed by atoms with E-state index in [2.05, 4.69) is 45.1 Å². The summed E-state index contributed by atoms with van der Waals surface area (Å²) < 4.78 is 7.72. The van der Waals surface area contributed by atoms with E-state index in [0.717, 1.165) is 71.7 Å². The van der Waals surface area contributed by atoms with Gasteiger partial charge in [-0.05, 0) is 42.4 Å². The number of benzene rings is 1. The molecule has 31 heavy (non-hydrogen) atoms. The van der Waals surface area contributed by atoms with Crippen molar-refractivity contribution in [1.82, 2.24) is 14.8 Å². The van der Waals surface area contributed by atoms with Gasteiger partial charge in [-0.3, -0.25) is 4.79 Å². The Balaban J connectivity index is 1.71. The Kier molecular flexibility index (Phi) is 6.42. The van der Waals surface area contributed by atoms with Crippen molar-refractivity contribution < 1.29 is 9.53 Å². The molecule has 1 atom stereocenters. The summed E-state index contributed by atoms with van der Waals surface area (Å²) in [6.07, 6.45) is 4.58. The molecule has 0 bridgehead atoms. The van der Waals surface area contributed by atoms with Gasteiger partial charge in [0.05, 0.1) is 6.61 Å². The Labute approximate surface area is 188 Å². The average molecular weight is 441 g/mol. The number of thioether (sulfide) groups is 1. The smallest absolute Gasteiger partial charge is 0.227 e. The lowest BCUT2D eigenvalue weighted by atomic mass is 9.73. The standard InChI is InChI=1S/C24H32N4O2S/c1-5-7-12-30-17-10-8-16(9-11-17)21-20-18(14-24(3,4)15-19(20)29)25-22-26-23(27-28(21)22)31-13-6-2/h8-11,21H,5-7,12-15H2,1-4H3,(H,25,26,27). The van der Waals surface area contributed by atoms with Crippen molar-refractivity contribution in [3.8, 4) is 5.75 Å². The van der Waals surface area contributed by atoms with Crippen LogP contribution in [0.2, 0.25) is 0 Å². The van der Waals surface area contributed by atoms with Crippen LogP contribution in [0.3, 0.4) is 0 Å². The van der Waals surface area contributed by atoms with Gasteiger partial charge in [-0.15, -0.1) is 5.10 Å². The molecule has 0 saturated heterocycles. The maximum absolute atomic E-state index is 13.3. The van der Waals surface area contributed by atoms with E-state index in [9.17, 15) is 4.79 Å². The van der Waals surface area contributed by atoms with Crippen molar-refractivity contribution in [3.05, 3.63) is 41.1 Å². The molecule has 2 aliphatic rings. The molecule has 0 spiro atoms. The fraction of sp³-hybridized carbons (Fsp3) is 0.542. The summed E-state index contributed by atoms with van der Waals surface area (Å²) in [5, 5.41) is 8.97. The molecule has 6 nitrogen and oxygen atoms in total. The number of nitrogens with one attached hydrogen (secondary N) is 1. The molecule has 166 valence electrons. The number of ether oxygens (including phenoxy) is 1. The SMILES string of the molecule is CCCCOc1ccc(C2C3=C(CC(C)(C)CC3=O)Nc3nc(SCCC)nn32)cc1. The molecule has 1 aromatic heterocycles. The van der Waals surface area contributed by atoms with Crippen LogP contribution in [0.15, 0.2) is 40.7 Å². The predicted molar refractivity (Wildman–Crippen MR) is 125 cm³/mol. The molecule has 0 amide bonds. The van der Waals surface area contributed by atoms with Crippen molar-refractivity contribution in [2.75, 3.05) is 17.7 Å². The minimum absolute atomic E-state index is 0.0631. The minimum Gasteiger partial charge on any atom is -0.494 e. The molecular weight excluding hydrogens is 408 g/mol. The topological polar surface area (TPSA) is 69.0 Å². The summed E-state index contributed by atoms with van der Waals surface area (Å²) in [6.45, 7) is 9.32. The number of aromatic nitrogens is 3. The Bertz CT molecular complexity index is 978. The van der Waals surface area contributed by atoms with Crippen LogP contribution in [0.25, 0.3) is 0 Å². The number of ketones is 1. The summed E-state index contributed by atoms with van der Waals surface area (Å²) in [5.74, 6) is 2.73. The number of carbonyl (C=O) groups is 1. The molecule has 1 aliphatic heterocycles. The molecule has 2 heterocycles. The number of hydrogen-bond donors (Lipinski definition) is 1. The highest BCUT2D eigenvalue weighted by molar-refractivity contribution is 7.99. The largest absolute Gasteiger partial charge is 0.494 e. The highest BCUT2D eigenvalue weighted by atomic mass is 32.2. The second kappa shape index (κ2) is 9.07. The molecular formula is C24H32N4O2S. The number of carbonyl (C=O) groups excluding carboxylic acids is 1. The van der Waals surface area contributed by atoms with Crippen molar-refractivity contribution in [1.29, 1.82) is 0 Å². The molecule has 1 unspecified atom stereocenters. The molecule has 2 aromatic rings. The van der Waals surface area contributed by atoms with E-state index < -0.39 is 0 Å². The number of rotatable bonds is 8. The summed E-state index contributed by atoms with van der Waals surface area (Å²) in [4.78, 5) is 18.0. The zero-order chi connectivity index (χ0) is 22.0. The summed E-state index contributed by atoms with van der Waals surface area (Å²) in [6, 6.07) is 7.84. The van der Waals surface area contributed by atoms with Gasteiger partial charge in [-0.2, -0.15) is 4.98 Å². The molecule has 4 rings (SSSR count). The third-order valence-corrected chi connectivity index (χ3v) is 6.75. The first-order valence-electron chi connectivity index (χ1n) is 11.3. The zero-order valence-electron chi connectivity index (χ0n) is 18.9. The minimum atomic E-state index is -0.261. The Hall–Kier alpha value is -2.28. The average Bonchev–Trinajstić information content (AvgIpc) is 3.13.